The number of piperidine rings is 1. The third-order valence-electron chi connectivity index (χ3n) is 4.32. The molecule has 1 aliphatic rings. The first kappa shape index (κ1) is 17.7. The Morgan fingerprint density at radius 3 is 2.26 bits per heavy atom. The van der Waals surface area contributed by atoms with Crippen molar-refractivity contribution in [1.82, 2.24) is 4.90 Å². The first-order chi connectivity index (χ1) is 10.6. The molecule has 0 aromatic heterocycles. The van der Waals surface area contributed by atoms with Crippen LogP contribution in [0.15, 0.2) is 18.2 Å². The van der Waals surface area contributed by atoms with Crippen molar-refractivity contribution in [3.8, 4) is 0 Å². The molecule has 2 N–H and O–H groups in total. The van der Waals surface area contributed by atoms with E-state index in [-0.39, 0.29) is 25.5 Å². The van der Waals surface area contributed by atoms with Gasteiger partial charge in [-0.05, 0) is 37.8 Å². The molecule has 2 rings (SSSR count). The molecule has 128 valence electrons. The number of carbonyl (C=O) groups is 1. The van der Waals surface area contributed by atoms with E-state index in [9.17, 15) is 23.1 Å². The molecular formula is C16H21F3N2O2. The van der Waals surface area contributed by atoms with Crippen molar-refractivity contribution in [2.75, 3.05) is 25.0 Å². The molecule has 1 aliphatic heterocycles. The Bertz CT molecular complexity index is 559. The van der Waals surface area contributed by atoms with Gasteiger partial charge in [0.05, 0.1) is 6.54 Å². The van der Waals surface area contributed by atoms with Gasteiger partial charge >= 0.3 is 6.18 Å². The lowest BCUT2D eigenvalue weighted by atomic mass is 9.91. The van der Waals surface area contributed by atoms with Gasteiger partial charge in [-0.2, -0.15) is 13.2 Å². The zero-order valence-electron chi connectivity index (χ0n) is 13.2. The van der Waals surface area contributed by atoms with Crippen LogP contribution in [-0.4, -0.2) is 47.3 Å². The zero-order chi connectivity index (χ0) is 17.3. The van der Waals surface area contributed by atoms with Crippen molar-refractivity contribution >= 4 is 11.6 Å². The van der Waals surface area contributed by atoms with Crippen LogP contribution < -0.4 is 5.32 Å². The van der Waals surface area contributed by atoms with E-state index in [2.05, 4.69) is 5.32 Å². The van der Waals surface area contributed by atoms with Crippen LogP contribution in [-0.2, 0) is 4.79 Å². The van der Waals surface area contributed by atoms with Crippen LogP contribution in [0.1, 0.15) is 24.0 Å². The number of aliphatic hydroxyl groups is 1. The molecule has 0 spiro atoms. The Labute approximate surface area is 133 Å². The van der Waals surface area contributed by atoms with Crippen LogP contribution >= 0.6 is 0 Å². The number of nitrogens with zero attached hydrogens (tertiary/aromatic N) is 1. The van der Waals surface area contributed by atoms with Crippen molar-refractivity contribution in [3.05, 3.63) is 29.3 Å². The van der Waals surface area contributed by atoms with Gasteiger partial charge in [-0.1, -0.05) is 18.2 Å². The minimum absolute atomic E-state index is 0.0156. The molecule has 1 saturated heterocycles. The van der Waals surface area contributed by atoms with Gasteiger partial charge in [0.2, 0.25) is 5.91 Å². The Kier molecular flexibility index (Phi) is 5.01. The molecule has 1 amide bonds. The van der Waals surface area contributed by atoms with Crippen LogP contribution in [0, 0.1) is 13.8 Å². The number of hydrogen-bond donors (Lipinski definition) is 2. The zero-order valence-corrected chi connectivity index (χ0v) is 13.2. The number of amides is 1. The second kappa shape index (κ2) is 6.49. The summed E-state index contributed by atoms with van der Waals surface area (Å²) in [6.07, 6.45) is -5.44. The van der Waals surface area contributed by atoms with E-state index in [0.29, 0.717) is 0 Å². The van der Waals surface area contributed by atoms with E-state index in [1.54, 1.807) is 4.90 Å². The predicted molar refractivity (Wildman–Crippen MR) is 81.2 cm³/mol. The summed E-state index contributed by atoms with van der Waals surface area (Å²) in [4.78, 5) is 13.7. The average Bonchev–Trinajstić information content (AvgIpc) is 2.44. The maximum Gasteiger partial charge on any atom is 0.417 e. The quantitative estimate of drug-likeness (QED) is 0.896. The minimum Gasteiger partial charge on any atom is -0.380 e. The predicted octanol–water partition coefficient (Wildman–Crippen LogP) is 2.63. The van der Waals surface area contributed by atoms with E-state index < -0.39 is 24.6 Å². The first-order valence-electron chi connectivity index (χ1n) is 7.50. The maximum absolute atomic E-state index is 12.7. The number of rotatable bonds is 3. The molecule has 4 nitrogen and oxygen atoms in total. The highest BCUT2D eigenvalue weighted by atomic mass is 19.4. The van der Waals surface area contributed by atoms with Crippen molar-refractivity contribution in [2.24, 2.45) is 0 Å². The van der Waals surface area contributed by atoms with Gasteiger partial charge in [0.25, 0.3) is 0 Å². The number of benzene rings is 1. The number of likely N-dealkylation sites (tertiary alicyclic amines) is 1. The number of halogens is 3. The molecule has 1 fully saturated rings. The summed E-state index contributed by atoms with van der Waals surface area (Å²) in [6, 6.07) is 5.66. The van der Waals surface area contributed by atoms with Gasteiger partial charge in [-0.3, -0.25) is 9.69 Å². The second-order valence-corrected chi connectivity index (χ2v) is 6.12. The summed E-state index contributed by atoms with van der Waals surface area (Å²) in [5, 5.41) is 12.4. The normalized spacial score (nSPS) is 18.7. The molecule has 1 heterocycles. The van der Waals surface area contributed by atoms with Crippen LogP contribution in [0.3, 0.4) is 0 Å². The molecule has 0 bridgehead atoms. The smallest absolute Gasteiger partial charge is 0.380 e. The van der Waals surface area contributed by atoms with Crippen molar-refractivity contribution in [2.45, 2.75) is 38.5 Å². The number of aryl methyl sites for hydroxylation is 2. The minimum atomic E-state index is -4.63. The molecule has 1 aromatic carbocycles. The summed E-state index contributed by atoms with van der Waals surface area (Å²) in [5.74, 6) is -0.264. The topological polar surface area (TPSA) is 52.6 Å². The molecular weight excluding hydrogens is 309 g/mol. The monoisotopic (exact) mass is 330 g/mol. The highest BCUT2D eigenvalue weighted by molar-refractivity contribution is 5.93. The fraction of sp³-hybridized carbons (Fsp3) is 0.562. The number of nitrogens with one attached hydrogen (secondary N) is 1. The van der Waals surface area contributed by atoms with E-state index in [4.69, 9.17) is 0 Å². The second-order valence-electron chi connectivity index (χ2n) is 6.12. The van der Waals surface area contributed by atoms with Crippen molar-refractivity contribution in [1.29, 1.82) is 0 Å². The summed E-state index contributed by atoms with van der Waals surface area (Å²) in [7, 11) is 0. The molecule has 7 heteroatoms. The van der Waals surface area contributed by atoms with E-state index in [0.717, 1.165) is 16.8 Å². The lowest BCUT2D eigenvalue weighted by Gasteiger charge is -2.38. The summed E-state index contributed by atoms with van der Waals surface area (Å²) in [6.45, 7) is 3.86. The molecule has 0 radical (unpaired) electrons. The highest BCUT2D eigenvalue weighted by Gasteiger charge is 2.54. The van der Waals surface area contributed by atoms with Crippen molar-refractivity contribution in [3.63, 3.8) is 0 Å². The van der Waals surface area contributed by atoms with Gasteiger partial charge in [0.15, 0.2) is 5.60 Å². The number of alkyl halides is 3. The molecule has 1 aromatic rings. The Morgan fingerprint density at radius 1 is 1.26 bits per heavy atom. The van der Waals surface area contributed by atoms with Crippen LogP contribution in [0.4, 0.5) is 18.9 Å². The third kappa shape index (κ3) is 4.03. The van der Waals surface area contributed by atoms with Crippen LogP contribution in [0.5, 0.6) is 0 Å². The summed E-state index contributed by atoms with van der Waals surface area (Å²) < 4.78 is 38.2. The Hall–Kier alpha value is -1.60. The molecule has 0 aliphatic carbocycles. The van der Waals surface area contributed by atoms with E-state index >= 15 is 0 Å². The Balaban J connectivity index is 1.91. The largest absolute Gasteiger partial charge is 0.417 e. The van der Waals surface area contributed by atoms with Crippen LogP contribution in [0.2, 0.25) is 0 Å². The van der Waals surface area contributed by atoms with Gasteiger partial charge in [0, 0.05) is 18.8 Å². The van der Waals surface area contributed by atoms with E-state index in [1.807, 2.05) is 32.0 Å². The lowest BCUT2D eigenvalue weighted by molar-refractivity contribution is -0.272. The standard InChI is InChI=1S/C16H21F3N2O2/c1-11-4-3-5-12(2)14(11)20-13(22)10-21-8-6-15(23,7-9-21)16(17,18)19/h3-5,23H,6-10H2,1-2H3,(H,20,22). The van der Waals surface area contributed by atoms with Crippen LogP contribution in [0.25, 0.3) is 0 Å². The molecule has 23 heavy (non-hydrogen) atoms. The summed E-state index contributed by atoms with van der Waals surface area (Å²) in [5.41, 5.74) is -0.0276. The third-order valence-corrected chi connectivity index (χ3v) is 4.32. The average molecular weight is 330 g/mol. The highest BCUT2D eigenvalue weighted by Crippen LogP contribution is 2.38. The SMILES string of the molecule is Cc1cccc(C)c1NC(=O)CN1CCC(O)(C(F)(F)F)CC1. The maximum atomic E-state index is 12.7. The number of para-hydroxylation sites is 1. The molecule has 0 saturated carbocycles. The first-order valence-corrected chi connectivity index (χ1v) is 7.50. The summed E-state index contributed by atoms with van der Waals surface area (Å²) >= 11 is 0. The van der Waals surface area contributed by atoms with Gasteiger partial charge in [0.1, 0.15) is 0 Å². The fourth-order valence-electron chi connectivity index (χ4n) is 2.76. The molecule has 0 unspecified atom stereocenters. The van der Waals surface area contributed by atoms with E-state index in [1.165, 1.54) is 0 Å². The number of hydrogen-bond acceptors (Lipinski definition) is 3. The van der Waals surface area contributed by atoms with Crippen molar-refractivity contribution < 1.29 is 23.1 Å². The lowest BCUT2D eigenvalue weighted by Crippen LogP contribution is -2.54. The number of anilines is 1. The van der Waals surface area contributed by atoms with Gasteiger partial charge < -0.3 is 10.4 Å². The van der Waals surface area contributed by atoms with Gasteiger partial charge in [-0.15, -0.1) is 0 Å². The number of carbonyl (C=O) groups excluding carboxylic acids is 1. The fourth-order valence-corrected chi connectivity index (χ4v) is 2.76. The Morgan fingerprint density at radius 2 is 1.78 bits per heavy atom. The van der Waals surface area contributed by atoms with Gasteiger partial charge in [-0.25, -0.2) is 0 Å². The molecule has 0 atom stereocenters.